The van der Waals surface area contributed by atoms with Crippen molar-refractivity contribution < 1.29 is 23.9 Å². The Kier molecular flexibility index (Phi) is 4.65. The fraction of sp³-hybridized carbons (Fsp3) is 0.250. The molecule has 0 atom stereocenters. The van der Waals surface area contributed by atoms with E-state index < -0.39 is 19.3 Å². The molecule has 1 N–H and O–H groups in total. The number of hydrogen-bond acceptors (Lipinski definition) is 5. The minimum atomic E-state index is -1.93. The zero-order chi connectivity index (χ0) is 11.3. The molecule has 0 aliphatic rings. The molecule has 0 heterocycles. The van der Waals surface area contributed by atoms with Crippen molar-refractivity contribution in [3.8, 4) is 0 Å². The lowest BCUT2D eigenvalue weighted by Crippen LogP contribution is -2.29. The second-order valence-electron chi connectivity index (χ2n) is 2.68. The summed E-state index contributed by atoms with van der Waals surface area (Å²) < 4.78 is 8.53. The van der Waals surface area contributed by atoms with E-state index >= 15 is 0 Å². The highest BCUT2D eigenvalue weighted by atomic mass is 16.7. The third kappa shape index (κ3) is 4.47. The van der Waals surface area contributed by atoms with Gasteiger partial charge in [0.1, 0.15) is 0 Å². The van der Waals surface area contributed by atoms with Gasteiger partial charge in [0, 0.05) is 11.1 Å². The first kappa shape index (κ1) is 12.4. The third-order valence-electron chi connectivity index (χ3n) is 1.11. The molecule has 14 heavy (non-hydrogen) atoms. The highest BCUT2D eigenvalue weighted by Crippen LogP contribution is 1.98. The first-order chi connectivity index (χ1) is 6.34. The molecule has 0 rings (SSSR count). The van der Waals surface area contributed by atoms with Gasteiger partial charge in [-0.25, -0.2) is 9.59 Å². The number of carbonyl (C=O) groups excluding carboxylic acids is 2. The molecule has 0 fully saturated rings. The average Bonchev–Trinajstić information content (AvgIpc) is 2.03. The molecule has 0 aromatic heterocycles. The Morgan fingerprint density at radius 2 is 1.36 bits per heavy atom. The Bertz CT molecular complexity index is 255. The maximum atomic E-state index is 10.8. The van der Waals surface area contributed by atoms with E-state index in [1.165, 1.54) is 13.8 Å². The molecule has 0 aliphatic carbocycles. The lowest BCUT2D eigenvalue weighted by atomic mass is 10.2. The highest BCUT2D eigenvalue weighted by Gasteiger charge is 2.27. The molecule has 0 aliphatic heterocycles. The zero-order valence-electron chi connectivity index (χ0n) is 8.07. The van der Waals surface area contributed by atoms with Gasteiger partial charge in [-0.1, -0.05) is 13.2 Å². The van der Waals surface area contributed by atoms with Crippen LogP contribution in [-0.2, 0) is 18.9 Å². The van der Waals surface area contributed by atoms with E-state index in [9.17, 15) is 9.59 Å². The van der Waals surface area contributed by atoms with Crippen molar-refractivity contribution in [2.45, 2.75) is 13.8 Å². The van der Waals surface area contributed by atoms with Gasteiger partial charge in [0.2, 0.25) is 0 Å². The Hall–Kier alpha value is -1.56. The zero-order valence-corrected chi connectivity index (χ0v) is 8.07. The van der Waals surface area contributed by atoms with E-state index in [2.05, 4.69) is 22.5 Å². The average molecular weight is 198 g/mol. The fourth-order valence-corrected chi connectivity index (χ4v) is 0.408. The minimum absolute atomic E-state index is 0.0930. The van der Waals surface area contributed by atoms with Crippen LogP contribution in [0.15, 0.2) is 24.3 Å². The van der Waals surface area contributed by atoms with Crippen molar-refractivity contribution in [3.63, 3.8) is 0 Å². The molecule has 5 nitrogen and oxygen atoms in total. The van der Waals surface area contributed by atoms with E-state index in [4.69, 9.17) is 5.02 Å². The maximum absolute atomic E-state index is 10.8. The summed E-state index contributed by atoms with van der Waals surface area (Å²) in [7, 11) is -1.93. The Labute approximate surface area is 82.2 Å². The van der Waals surface area contributed by atoms with E-state index in [1.54, 1.807) is 0 Å². The molecule has 0 saturated carbocycles. The van der Waals surface area contributed by atoms with Crippen LogP contribution >= 0.6 is 0 Å². The smallest absolute Gasteiger partial charge is 0.470 e. The van der Waals surface area contributed by atoms with Crippen molar-refractivity contribution in [3.05, 3.63) is 24.3 Å². The van der Waals surface area contributed by atoms with Gasteiger partial charge in [0.05, 0.1) is 0 Å². The SMILES string of the molecule is C=C(C)C(=O)OB(O)OC(=O)C(=C)C. The molecule has 0 unspecified atom stereocenters. The second-order valence-corrected chi connectivity index (χ2v) is 2.68. The predicted molar refractivity (Wildman–Crippen MR) is 49.8 cm³/mol. The number of carbonyl (C=O) groups is 2. The second kappa shape index (κ2) is 5.23. The van der Waals surface area contributed by atoms with Gasteiger partial charge in [-0.2, -0.15) is 0 Å². The van der Waals surface area contributed by atoms with E-state index in [0.29, 0.717) is 0 Å². The van der Waals surface area contributed by atoms with Gasteiger partial charge >= 0.3 is 19.3 Å². The molecule has 0 aromatic rings. The monoisotopic (exact) mass is 198 g/mol. The predicted octanol–water partition coefficient (Wildman–Crippen LogP) is 0.202. The summed E-state index contributed by atoms with van der Waals surface area (Å²) in [4.78, 5) is 21.6. The summed E-state index contributed by atoms with van der Waals surface area (Å²) in [5.74, 6) is -1.68. The summed E-state index contributed by atoms with van der Waals surface area (Å²) in [6.45, 7) is 9.35. The Balaban J connectivity index is 4.05. The normalized spacial score (nSPS) is 8.79. The lowest BCUT2D eigenvalue weighted by molar-refractivity contribution is -0.137. The first-order valence-electron chi connectivity index (χ1n) is 3.75. The summed E-state index contributed by atoms with van der Waals surface area (Å²) in [5.41, 5.74) is 0.186. The lowest BCUT2D eigenvalue weighted by Gasteiger charge is -2.07. The van der Waals surface area contributed by atoms with Crippen molar-refractivity contribution >= 4 is 19.3 Å². The quantitative estimate of drug-likeness (QED) is 0.516. The molecule has 0 spiro atoms. The van der Waals surface area contributed by atoms with Crippen molar-refractivity contribution in [2.75, 3.05) is 0 Å². The van der Waals surface area contributed by atoms with Crippen LogP contribution in [-0.4, -0.2) is 24.3 Å². The van der Waals surface area contributed by atoms with Crippen LogP contribution in [0.1, 0.15) is 13.8 Å². The molecule has 0 amide bonds. The molecule has 0 radical (unpaired) electrons. The maximum Gasteiger partial charge on any atom is 0.789 e. The van der Waals surface area contributed by atoms with Gasteiger partial charge in [0.15, 0.2) is 0 Å². The Morgan fingerprint density at radius 1 is 1.07 bits per heavy atom. The number of hydrogen-bond donors (Lipinski definition) is 1. The van der Waals surface area contributed by atoms with Gasteiger partial charge in [-0.15, -0.1) is 0 Å². The van der Waals surface area contributed by atoms with E-state index in [-0.39, 0.29) is 11.1 Å². The summed E-state index contributed by atoms with van der Waals surface area (Å²) in [6.07, 6.45) is 0. The van der Waals surface area contributed by atoms with E-state index in [0.717, 1.165) is 0 Å². The van der Waals surface area contributed by atoms with Crippen LogP contribution in [0.2, 0.25) is 0 Å². The topological polar surface area (TPSA) is 72.8 Å². The molecule has 0 saturated heterocycles. The largest absolute Gasteiger partial charge is 0.789 e. The van der Waals surface area contributed by atoms with Gasteiger partial charge in [-0.3, -0.25) is 0 Å². The molecular formula is C8H11BO5. The fourth-order valence-electron chi connectivity index (χ4n) is 0.408. The highest BCUT2D eigenvalue weighted by molar-refractivity contribution is 6.41. The number of rotatable bonds is 4. The molecule has 0 aromatic carbocycles. The van der Waals surface area contributed by atoms with Crippen LogP contribution in [0.3, 0.4) is 0 Å². The molecule has 76 valence electrons. The van der Waals surface area contributed by atoms with Crippen LogP contribution in [0, 0.1) is 0 Å². The van der Waals surface area contributed by atoms with Gasteiger partial charge in [0.25, 0.3) is 0 Å². The summed E-state index contributed by atoms with van der Waals surface area (Å²) in [5, 5.41) is 8.92. The molecular weight excluding hydrogens is 187 g/mol. The first-order valence-corrected chi connectivity index (χ1v) is 3.75. The third-order valence-corrected chi connectivity index (χ3v) is 1.11. The minimum Gasteiger partial charge on any atom is -0.470 e. The van der Waals surface area contributed by atoms with Crippen molar-refractivity contribution in [2.24, 2.45) is 0 Å². The summed E-state index contributed by atoms with van der Waals surface area (Å²) >= 11 is 0. The van der Waals surface area contributed by atoms with Crippen molar-refractivity contribution in [1.82, 2.24) is 0 Å². The Morgan fingerprint density at radius 3 is 1.57 bits per heavy atom. The summed E-state index contributed by atoms with van der Waals surface area (Å²) in [6, 6.07) is 0. The standard InChI is InChI=1S/C8H11BO5/c1-5(2)7(10)13-9(12)14-8(11)6(3)4/h12H,1,3H2,2,4H3. The molecule has 0 bridgehead atoms. The van der Waals surface area contributed by atoms with Gasteiger partial charge < -0.3 is 14.3 Å². The van der Waals surface area contributed by atoms with Crippen molar-refractivity contribution in [1.29, 1.82) is 0 Å². The molecule has 6 heteroatoms. The van der Waals surface area contributed by atoms with E-state index in [1.807, 2.05) is 0 Å². The van der Waals surface area contributed by atoms with Crippen LogP contribution in [0.5, 0.6) is 0 Å². The van der Waals surface area contributed by atoms with Gasteiger partial charge in [-0.05, 0) is 13.8 Å². The van der Waals surface area contributed by atoms with Crippen LogP contribution in [0.4, 0.5) is 0 Å². The van der Waals surface area contributed by atoms with Crippen LogP contribution < -0.4 is 0 Å². The van der Waals surface area contributed by atoms with Crippen LogP contribution in [0.25, 0.3) is 0 Å².